The zero-order valence-corrected chi connectivity index (χ0v) is 13.2. The summed E-state index contributed by atoms with van der Waals surface area (Å²) in [5, 5.41) is 4.23. The molecule has 6 heteroatoms. The van der Waals surface area contributed by atoms with Crippen molar-refractivity contribution in [3.63, 3.8) is 0 Å². The molecule has 3 rings (SSSR count). The fourth-order valence-electron chi connectivity index (χ4n) is 2.93. The fraction of sp³-hybridized carbons (Fsp3) is 0.438. The van der Waals surface area contributed by atoms with Gasteiger partial charge >= 0.3 is 0 Å². The van der Waals surface area contributed by atoms with Crippen LogP contribution in [0, 0.1) is 0 Å². The Morgan fingerprint density at radius 1 is 1.41 bits per heavy atom. The number of carbonyl (C=O) groups excluding carboxylic acids is 1. The number of rotatable bonds is 3. The van der Waals surface area contributed by atoms with Gasteiger partial charge in [-0.1, -0.05) is 0 Å². The quantitative estimate of drug-likeness (QED) is 0.868. The number of amides is 1. The number of nitrogens with zero attached hydrogens (tertiary/aromatic N) is 5. The molecule has 1 amide bonds. The summed E-state index contributed by atoms with van der Waals surface area (Å²) in [5.74, 6) is 0.861. The van der Waals surface area contributed by atoms with Gasteiger partial charge in [-0.05, 0) is 25.0 Å². The fourth-order valence-corrected chi connectivity index (χ4v) is 2.93. The summed E-state index contributed by atoms with van der Waals surface area (Å²) in [5.41, 5.74) is 1.80. The van der Waals surface area contributed by atoms with Crippen molar-refractivity contribution in [2.45, 2.75) is 18.9 Å². The van der Waals surface area contributed by atoms with E-state index in [0.29, 0.717) is 5.56 Å². The van der Waals surface area contributed by atoms with Crippen LogP contribution in [0.15, 0.2) is 30.7 Å². The number of aryl methyl sites for hydroxylation is 1. The lowest BCUT2D eigenvalue weighted by atomic mass is 10.1. The van der Waals surface area contributed by atoms with Crippen LogP contribution in [0.1, 0.15) is 34.8 Å². The maximum absolute atomic E-state index is 12.9. The van der Waals surface area contributed by atoms with Gasteiger partial charge in [0.1, 0.15) is 5.82 Å². The van der Waals surface area contributed by atoms with Crippen molar-refractivity contribution >= 4 is 11.7 Å². The average molecular weight is 299 g/mol. The van der Waals surface area contributed by atoms with E-state index in [-0.39, 0.29) is 11.9 Å². The van der Waals surface area contributed by atoms with Crippen LogP contribution in [-0.4, -0.2) is 46.2 Å². The monoisotopic (exact) mass is 299 g/mol. The zero-order valence-electron chi connectivity index (χ0n) is 13.2. The third kappa shape index (κ3) is 2.68. The first-order chi connectivity index (χ1) is 10.6. The molecule has 22 heavy (non-hydrogen) atoms. The first-order valence-electron chi connectivity index (χ1n) is 7.49. The van der Waals surface area contributed by atoms with Crippen LogP contribution in [0.2, 0.25) is 0 Å². The molecule has 0 unspecified atom stereocenters. The molecule has 2 aromatic rings. The van der Waals surface area contributed by atoms with Crippen LogP contribution < -0.4 is 4.90 Å². The number of hydrogen-bond acceptors (Lipinski definition) is 4. The van der Waals surface area contributed by atoms with Crippen LogP contribution >= 0.6 is 0 Å². The maximum Gasteiger partial charge on any atom is 0.254 e. The third-order valence-corrected chi connectivity index (χ3v) is 4.07. The molecule has 0 N–H and O–H groups in total. The molecule has 1 aliphatic heterocycles. The topological polar surface area (TPSA) is 54.3 Å². The highest BCUT2D eigenvalue weighted by Gasteiger charge is 2.31. The number of carbonyl (C=O) groups is 1. The van der Waals surface area contributed by atoms with Gasteiger partial charge in [-0.2, -0.15) is 5.10 Å². The van der Waals surface area contributed by atoms with Gasteiger partial charge in [0, 0.05) is 51.2 Å². The molecule has 1 atom stereocenters. The highest BCUT2D eigenvalue weighted by molar-refractivity contribution is 5.95. The molecule has 2 aromatic heterocycles. The molecule has 116 valence electrons. The van der Waals surface area contributed by atoms with E-state index in [4.69, 9.17) is 0 Å². The second-order valence-corrected chi connectivity index (χ2v) is 5.90. The van der Waals surface area contributed by atoms with E-state index >= 15 is 0 Å². The number of anilines is 1. The third-order valence-electron chi connectivity index (χ3n) is 4.07. The molecule has 0 radical (unpaired) electrons. The van der Waals surface area contributed by atoms with E-state index in [0.717, 1.165) is 30.8 Å². The molecule has 0 saturated carbocycles. The van der Waals surface area contributed by atoms with E-state index < -0.39 is 0 Å². The summed E-state index contributed by atoms with van der Waals surface area (Å²) in [4.78, 5) is 21.0. The van der Waals surface area contributed by atoms with Gasteiger partial charge in [0.15, 0.2) is 0 Å². The van der Waals surface area contributed by atoms with Gasteiger partial charge in [0.25, 0.3) is 5.91 Å². The standard InChI is InChI=1S/C16H21N5O/c1-19(2)15-9-12(6-7-17-15)16(22)21-8-4-5-14(21)13-10-18-20(3)11-13/h6-7,9-11,14H,4-5,8H2,1-3H3/t14-/m1/s1. The van der Waals surface area contributed by atoms with Crippen LogP contribution in [-0.2, 0) is 7.05 Å². The van der Waals surface area contributed by atoms with Gasteiger partial charge in [-0.25, -0.2) is 4.98 Å². The molecule has 0 aliphatic carbocycles. The van der Waals surface area contributed by atoms with Crippen molar-refractivity contribution in [1.82, 2.24) is 19.7 Å². The van der Waals surface area contributed by atoms with E-state index in [1.807, 2.05) is 49.4 Å². The summed E-state index contributed by atoms with van der Waals surface area (Å²) in [7, 11) is 5.74. The molecule has 0 spiro atoms. The Kier molecular flexibility index (Phi) is 3.83. The first kappa shape index (κ1) is 14.6. The van der Waals surface area contributed by atoms with Crippen molar-refractivity contribution in [2.75, 3.05) is 25.5 Å². The molecular formula is C16H21N5O. The maximum atomic E-state index is 12.9. The Morgan fingerprint density at radius 2 is 2.23 bits per heavy atom. The number of likely N-dealkylation sites (tertiary alicyclic amines) is 1. The predicted molar refractivity (Wildman–Crippen MR) is 84.8 cm³/mol. The van der Waals surface area contributed by atoms with Gasteiger partial charge in [-0.3, -0.25) is 9.48 Å². The van der Waals surface area contributed by atoms with Crippen molar-refractivity contribution in [3.8, 4) is 0 Å². The summed E-state index contributed by atoms with van der Waals surface area (Å²) in [6.07, 6.45) is 7.56. The van der Waals surface area contributed by atoms with Crippen LogP contribution in [0.3, 0.4) is 0 Å². The first-order valence-corrected chi connectivity index (χ1v) is 7.49. The zero-order chi connectivity index (χ0) is 15.7. The van der Waals surface area contributed by atoms with Crippen molar-refractivity contribution in [2.24, 2.45) is 7.05 Å². The molecule has 1 aliphatic rings. The van der Waals surface area contributed by atoms with E-state index in [1.54, 1.807) is 16.9 Å². The highest BCUT2D eigenvalue weighted by atomic mass is 16.2. The molecule has 6 nitrogen and oxygen atoms in total. The minimum absolute atomic E-state index is 0.0665. The Labute approximate surface area is 130 Å². The van der Waals surface area contributed by atoms with Gasteiger partial charge in [0.2, 0.25) is 0 Å². The largest absolute Gasteiger partial charge is 0.363 e. The van der Waals surface area contributed by atoms with Gasteiger partial charge in [0.05, 0.1) is 12.2 Å². The van der Waals surface area contributed by atoms with Crippen molar-refractivity contribution in [1.29, 1.82) is 0 Å². The second-order valence-electron chi connectivity index (χ2n) is 5.90. The minimum atomic E-state index is 0.0665. The molecular weight excluding hydrogens is 278 g/mol. The lowest BCUT2D eigenvalue weighted by molar-refractivity contribution is 0.0735. The predicted octanol–water partition coefficient (Wildman–Crippen LogP) is 1.86. The van der Waals surface area contributed by atoms with E-state index in [9.17, 15) is 4.79 Å². The van der Waals surface area contributed by atoms with Crippen molar-refractivity contribution in [3.05, 3.63) is 41.9 Å². The molecule has 1 fully saturated rings. The van der Waals surface area contributed by atoms with Crippen molar-refractivity contribution < 1.29 is 4.79 Å². The smallest absolute Gasteiger partial charge is 0.254 e. The number of hydrogen-bond donors (Lipinski definition) is 0. The Bertz CT molecular complexity index is 679. The summed E-state index contributed by atoms with van der Waals surface area (Å²) >= 11 is 0. The SMILES string of the molecule is CN(C)c1cc(C(=O)N2CCC[C@@H]2c2cnn(C)c2)ccn1. The van der Waals surface area contributed by atoms with E-state index in [1.165, 1.54) is 0 Å². The minimum Gasteiger partial charge on any atom is -0.363 e. The second kappa shape index (κ2) is 5.79. The van der Waals surface area contributed by atoms with E-state index in [2.05, 4.69) is 10.1 Å². The molecule has 0 aromatic carbocycles. The number of pyridine rings is 1. The Hall–Kier alpha value is -2.37. The lowest BCUT2D eigenvalue weighted by Crippen LogP contribution is -2.30. The highest BCUT2D eigenvalue weighted by Crippen LogP contribution is 2.33. The van der Waals surface area contributed by atoms with Gasteiger partial charge < -0.3 is 9.80 Å². The van der Waals surface area contributed by atoms with Crippen LogP contribution in [0.5, 0.6) is 0 Å². The molecule has 1 saturated heterocycles. The Morgan fingerprint density at radius 3 is 2.91 bits per heavy atom. The summed E-state index contributed by atoms with van der Waals surface area (Å²) in [6, 6.07) is 3.76. The normalized spacial score (nSPS) is 17.8. The lowest BCUT2D eigenvalue weighted by Gasteiger charge is -2.24. The van der Waals surface area contributed by atoms with Crippen LogP contribution in [0.25, 0.3) is 0 Å². The summed E-state index contributed by atoms with van der Waals surface area (Å²) < 4.78 is 1.78. The number of aromatic nitrogens is 3. The van der Waals surface area contributed by atoms with Gasteiger partial charge in [-0.15, -0.1) is 0 Å². The van der Waals surface area contributed by atoms with Crippen LogP contribution in [0.4, 0.5) is 5.82 Å². The Balaban J connectivity index is 1.86. The molecule has 3 heterocycles. The summed E-state index contributed by atoms with van der Waals surface area (Å²) in [6.45, 7) is 0.790. The average Bonchev–Trinajstić information content (AvgIpc) is 3.15. The molecule has 0 bridgehead atoms.